The molecule has 1 N–H and O–H groups in total. The molecule has 0 bridgehead atoms. The van der Waals surface area contributed by atoms with Crippen LogP contribution in [0.25, 0.3) is 0 Å². The van der Waals surface area contributed by atoms with E-state index in [0.29, 0.717) is 11.5 Å². The molecule has 1 aromatic rings. The quantitative estimate of drug-likeness (QED) is 0.758. The van der Waals surface area contributed by atoms with Gasteiger partial charge in [-0.25, -0.2) is 0 Å². The zero-order valence-corrected chi connectivity index (χ0v) is 8.90. The second-order valence-corrected chi connectivity index (χ2v) is 4.57. The SMILES string of the molecule is CC1CCC(O)(c2cccc(C#N)c2)C1. The summed E-state index contributed by atoms with van der Waals surface area (Å²) in [6.45, 7) is 2.16. The van der Waals surface area contributed by atoms with Crippen molar-refractivity contribution < 1.29 is 5.11 Å². The summed E-state index contributed by atoms with van der Waals surface area (Å²) in [5, 5.41) is 19.3. The highest BCUT2D eigenvalue weighted by molar-refractivity contribution is 5.36. The van der Waals surface area contributed by atoms with E-state index in [1.165, 1.54) is 0 Å². The minimum atomic E-state index is -0.702. The highest BCUT2D eigenvalue weighted by atomic mass is 16.3. The van der Waals surface area contributed by atoms with E-state index in [-0.39, 0.29) is 0 Å². The van der Waals surface area contributed by atoms with E-state index in [1.807, 2.05) is 12.1 Å². The van der Waals surface area contributed by atoms with Gasteiger partial charge in [0.05, 0.1) is 17.2 Å². The van der Waals surface area contributed by atoms with Gasteiger partial charge in [-0.1, -0.05) is 19.1 Å². The first kappa shape index (κ1) is 10.2. The van der Waals surface area contributed by atoms with Gasteiger partial charge in [-0.05, 0) is 42.9 Å². The van der Waals surface area contributed by atoms with E-state index >= 15 is 0 Å². The first-order valence-corrected chi connectivity index (χ1v) is 5.37. The second-order valence-electron chi connectivity index (χ2n) is 4.57. The third kappa shape index (κ3) is 1.88. The number of nitriles is 1. The van der Waals surface area contributed by atoms with Crippen molar-refractivity contribution >= 4 is 0 Å². The van der Waals surface area contributed by atoms with Crippen LogP contribution >= 0.6 is 0 Å². The highest BCUT2D eigenvalue weighted by Crippen LogP contribution is 2.41. The zero-order valence-electron chi connectivity index (χ0n) is 8.90. The highest BCUT2D eigenvalue weighted by Gasteiger charge is 2.36. The van der Waals surface area contributed by atoms with Crippen molar-refractivity contribution in [1.29, 1.82) is 5.26 Å². The largest absolute Gasteiger partial charge is 0.385 e. The predicted octanol–water partition coefficient (Wildman–Crippen LogP) is 2.57. The first-order valence-electron chi connectivity index (χ1n) is 5.37. The smallest absolute Gasteiger partial charge is 0.0991 e. The van der Waals surface area contributed by atoms with Crippen molar-refractivity contribution in [2.45, 2.75) is 31.8 Å². The molecule has 0 heterocycles. The lowest BCUT2D eigenvalue weighted by atomic mass is 9.90. The lowest BCUT2D eigenvalue weighted by Gasteiger charge is -2.23. The molecule has 2 unspecified atom stereocenters. The number of hydrogen-bond acceptors (Lipinski definition) is 2. The van der Waals surface area contributed by atoms with Gasteiger partial charge in [-0.2, -0.15) is 5.26 Å². The molecule has 0 saturated heterocycles. The zero-order chi connectivity index (χ0) is 10.9. The third-order valence-corrected chi connectivity index (χ3v) is 3.27. The Kier molecular flexibility index (Phi) is 2.50. The van der Waals surface area contributed by atoms with Crippen LogP contribution in [0.4, 0.5) is 0 Å². The summed E-state index contributed by atoms with van der Waals surface area (Å²) in [6.07, 6.45) is 2.68. The van der Waals surface area contributed by atoms with E-state index < -0.39 is 5.60 Å². The molecule has 1 aromatic carbocycles. The Morgan fingerprint density at radius 1 is 1.53 bits per heavy atom. The van der Waals surface area contributed by atoms with Gasteiger partial charge in [0.25, 0.3) is 0 Å². The molecule has 0 aliphatic heterocycles. The molecular formula is C13H15NO. The molecule has 1 saturated carbocycles. The summed E-state index contributed by atoms with van der Waals surface area (Å²) in [6, 6.07) is 9.44. The van der Waals surface area contributed by atoms with Crippen LogP contribution in [0.15, 0.2) is 24.3 Å². The van der Waals surface area contributed by atoms with Gasteiger partial charge in [0.15, 0.2) is 0 Å². The molecule has 78 valence electrons. The third-order valence-electron chi connectivity index (χ3n) is 3.27. The Hall–Kier alpha value is -1.33. The maximum absolute atomic E-state index is 10.4. The van der Waals surface area contributed by atoms with Gasteiger partial charge < -0.3 is 5.11 Å². The molecule has 15 heavy (non-hydrogen) atoms. The number of benzene rings is 1. The standard InChI is InChI=1S/C13H15NO/c1-10-5-6-13(15,8-10)12-4-2-3-11(7-12)9-14/h2-4,7,10,15H,5-6,8H2,1H3. The van der Waals surface area contributed by atoms with Crippen molar-refractivity contribution in [2.75, 3.05) is 0 Å². The van der Waals surface area contributed by atoms with Crippen molar-refractivity contribution in [3.05, 3.63) is 35.4 Å². The summed E-state index contributed by atoms with van der Waals surface area (Å²) >= 11 is 0. The summed E-state index contributed by atoms with van der Waals surface area (Å²) in [4.78, 5) is 0. The first-order chi connectivity index (χ1) is 7.14. The Morgan fingerprint density at radius 3 is 2.93 bits per heavy atom. The van der Waals surface area contributed by atoms with E-state index in [0.717, 1.165) is 24.8 Å². The van der Waals surface area contributed by atoms with Gasteiger partial charge in [0.1, 0.15) is 0 Å². The lowest BCUT2D eigenvalue weighted by molar-refractivity contribution is 0.0407. The van der Waals surface area contributed by atoms with Crippen LogP contribution < -0.4 is 0 Å². The summed E-state index contributed by atoms with van der Waals surface area (Å²) in [5.74, 6) is 0.570. The van der Waals surface area contributed by atoms with Crippen LogP contribution in [0.2, 0.25) is 0 Å². The fourth-order valence-corrected chi connectivity index (χ4v) is 2.41. The van der Waals surface area contributed by atoms with E-state index in [9.17, 15) is 5.11 Å². The molecule has 2 heteroatoms. The average molecular weight is 201 g/mol. The number of rotatable bonds is 1. The summed E-state index contributed by atoms with van der Waals surface area (Å²) < 4.78 is 0. The second kappa shape index (κ2) is 3.67. The molecular weight excluding hydrogens is 186 g/mol. The Morgan fingerprint density at radius 2 is 2.33 bits per heavy atom. The fourth-order valence-electron chi connectivity index (χ4n) is 2.41. The Labute approximate surface area is 90.2 Å². The van der Waals surface area contributed by atoms with E-state index in [2.05, 4.69) is 13.0 Å². The van der Waals surface area contributed by atoms with Crippen LogP contribution in [0.5, 0.6) is 0 Å². The monoisotopic (exact) mass is 201 g/mol. The molecule has 0 radical (unpaired) electrons. The maximum atomic E-state index is 10.4. The van der Waals surface area contributed by atoms with Crippen LogP contribution in [0, 0.1) is 17.2 Å². The minimum absolute atomic E-state index is 0.570. The molecule has 0 spiro atoms. The predicted molar refractivity (Wildman–Crippen MR) is 58.1 cm³/mol. The minimum Gasteiger partial charge on any atom is -0.385 e. The van der Waals surface area contributed by atoms with Crippen LogP contribution in [-0.4, -0.2) is 5.11 Å². The van der Waals surface area contributed by atoms with Crippen LogP contribution in [0.1, 0.15) is 37.3 Å². The van der Waals surface area contributed by atoms with Gasteiger partial charge in [-0.15, -0.1) is 0 Å². The van der Waals surface area contributed by atoms with E-state index in [4.69, 9.17) is 5.26 Å². The van der Waals surface area contributed by atoms with Crippen molar-refractivity contribution in [1.82, 2.24) is 0 Å². The van der Waals surface area contributed by atoms with Crippen LogP contribution in [-0.2, 0) is 5.60 Å². The van der Waals surface area contributed by atoms with Gasteiger partial charge in [-0.3, -0.25) is 0 Å². The average Bonchev–Trinajstić information content (AvgIpc) is 2.60. The molecule has 2 atom stereocenters. The Bertz CT molecular complexity index is 407. The van der Waals surface area contributed by atoms with Crippen molar-refractivity contribution in [2.24, 2.45) is 5.92 Å². The Balaban J connectivity index is 2.33. The maximum Gasteiger partial charge on any atom is 0.0991 e. The number of hydrogen-bond donors (Lipinski definition) is 1. The summed E-state index contributed by atoms with van der Waals surface area (Å²) in [7, 11) is 0. The number of aliphatic hydroxyl groups is 1. The van der Waals surface area contributed by atoms with Crippen molar-refractivity contribution in [3.63, 3.8) is 0 Å². The van der Waals surface area contributed by atoms with E-state index in [1.54, 1.807) is 12.1 Å². The topological polar surface area (TPSA) is 44.0 Å². The molecule has 0 amide bonds. The lowest BCUT2D eigenvalue weighted by Crippen LogP contribution is -2.21. The summed E-state index contributed by atoms with van der Waals surface area (Å²) in [5.41, 5.74) is 0.818. The molecule has 2 nitrogen and oxygen atoms in total. The van der Waals surface area contributed by atoms with Gasteiger partial charge in [0.2, 0.25) is 0 Å². The van der Waals surface area contributed by atoms with Crippen molar-refractivity contribution in [3.8, 4) is 6.07 Å². The number of nitrogens with zero attached hydrogens (tertiary/aromatic N) is 1. The van der Waals surface area contributed by atoms with Gasteiger partial charge in [0, 0.05) is 0 Å². The molecule has 2 rings (SSSR count). The normalized spacial score (nSPS) is 30.1. The molecule has 1 fully saturated rings. The molecule has 0 aromatic heterocycles. The molecule has 1 aliphatic rings. The van der Waals surface area contributed by atoms with Gasteiger partial charge >= 0.3 is 0 Å². The van der Waals surface area contributed by atoms with Crippen LogP contribution in [0.3, 0.4) is 0 Å². The molecule has 1 aliphatic carbocycles. The fraction of sp³-hybridized carbons (Fsp3) is 0.462.